The smallest absolute Gasteiger partial charge is 0.357 e. The third-order valence-electron chi connectivity index (χ3n) is 2.39. The number of nitrogens with zero attached hydrogens (tertiary/aromatic N) is 1. The number of nitrogens with one attached hydrogen (secondary N) is 1. The van der Waals surface area contributed by atoms with Crippen LogP contribution in [-0.4, -0.2) is 35.8 Å². The van der Waals surface area contributed by atoms with Gasteiger partial charge in [-0.1, -0.05) is 0 Å². The van der Waals surface area contributed by atoms with Gasteiger partial charge in [-0.3, -0.25) is 0 Å². The number of carboxylic acids is 1. The second kappa shape index (κ2) is 4.54. The number of pyridine rings is 1. The van der Waals surface area contributed by atoms with Gasteiger partial charge < -0.3 is 15.2 Å². The number of aromatic carboxylic acids is 1. The summed E-state index contributed by atoms with van der Waals surface area (Å²) in [5.41, 5.74) is 0.0441. The minimum absolute atomic E-state index is 0.126. The van der Waals surface area contributed by atoms with Crippen molar-refractivity contribution < 1.29 is 19.0 Å². The maximum absolute atomic E-state index is 13.3. The molecule has 1 aliphatic heterocycles. The van der Waals surface area contributed by atoms with Crippen LogP contribution < -0.4 is 5.32 Å². The van der Waals surface area contributed by atoms with Crippen LogP contribution in [0.25, 0.3) is 0 Å². The van der Waals surface area contributed by atoms with Gasteiger partial charge in [-0.15, -0.1) is 0 Å². The molecule has 1 aromatic heterocycles. The van der Waals surface area contributed by atoms with Crippen molar-refractivity contribution in [3.05, 3.63) is 29.3 Å². The summed E-state index contributed by atoms with van der Waals surface area (Å²) in [4.78, 5) is 14.1. The largest absolute Gasteiger partial charge is 0.476 e. The molecule has 1 atom stereocenters. The Labute approximate surface area is 91.3 Å². The average Bonchev–Trinajstić information content (AvgIpc) is 2.29. The highest BCUT2D eigenvalue weighted by molar-refractivity contribution is 5.85. The summed E-state index contributed by atoms with van der Waals surface area (Å²) in [6, 6.07) is 1.06. The van der Waals surface area contributed by atoms with Crippen molar-refractivity contribution in [3.63, 3.8) is 0 Å². The maximum Gasteiger partial charge on any atom is 0.357 e. The molecule has 0 spiro atoms. The van der Waals surface area contributed by atoms with Crippen LogP contribution in [0, 0.1) is 5.82 Å². The monoisotopic (exact) mass is 226 g/mol. The van der Waals surface area contributed by atoms with Gasteiger partial charge in [-0.2, -0.15) is 0 Å². The molecule has 0 radical (unpaired) electrons. The lowest BCUT2D eigenvalue weighted by molar-refractivity contribution is 0.0684. The average molecular weight is 226 g/mol. The van der Waals surface area contributed by atoms with E-state index in [4.69, 9.17) is 9.84 Å². The van der Waals surface area contributed by atoms with Crippen LogP contribution in [0.5, 0.6) is 0 Å². The van der Waals surface area contributed by atoms with Crippen LogP contribution >= 0.6 is 0 Å². The van der Waals surface area contributed by atoms with E-state index in [-0.39, 0.29) is 6.04 Å². The van der Waals surface area contributed by atoms with Gasteiger partial charge in [-0.05, 0) is 11.6 Å². The predicted molar refractivity (Wildman–Crippen MR) is 52.7 cm³/mol. The number of hydrogen-bond donors (Lipinski definition) is 2. The van der Waals surface area contributed by atoms with Crippen LogP contribution in [0.15, 0.2) is 12.3 Å². The van der Waals surface area contributed by atoms with E-state index in [2.05, 4.69) is 10.3 Å². The van der Waals surface area contributed by atoms with E-state index < -0.39 is 17.5 Å². The first kappa shape index (κ1) is 11.0. The second-order valence-electron chi connectivity index (χ2n) is 3.49. The van der Waals surface area contributed by atoms with E-state index in [0.717, 1.165) is 0 Å². The topological polar surface area (TPSA) is 71.5 Å². The molecule has 0 aliphatic carbocycles. The Morgan fingerprint density at radius 1 is 1.69 bits per heavy atom. The molecule has 86 valence electrons. The number of aromatic nitrogens is 1. The minimum atomic E-state index is -1.36. The van der Waals surface area contributed by atoms with Crippen molar-refractivity contribution in [1.29, 1.82) is 0 Å². The first-order chi connectivity index (χ1) is 7.68. The molecular weight excluding hydrogens is 215 g/mol. The molecule has 0 aromatic carbocycles. The first-order valence-corrected chi connectivity index (χ1v) is 4.88. The van der Waals surface area contributed by atoms with Gasteiger partial charge in [0.1, 0.15) is 0 Å². The van der Waals surface area contributed by atoms with E-state index in [9.17, 15) is 9.18 Å². The van der Waals surface area contributed by atoms with E-state index in [1.165, 1.54) is 12.3 Å². The molecular formula is C10H11FN2O3. The van der Waals surface area contributed by atoms with Crippen molar-refractivity contribution in [2.75, 3.05) is 19.8 Å². The lowest BCUT2D eigenvalue weighted by atomic mass is 10.1. The summed E-state index contributed by atoms with van der Waals surface area (Å²) < 4.78 is 18.6. The summed E-state index contributed by atoms with van der Waals surface area (Å²) in [7, 11) is 0. The fourth-order valence-corrected chi connectivity index (χ4v) is 1.58. The van der Waals surface area contributed by atoms with Gasteiger partial charge in [-0.25, -0.2) is 14.2 Å². The number of carbonyl (C=O) groups is 1. The van der Waals surface area contributed by atoms with E-state index in [1.807, 2.05) is 0 Å². The SMILES string of the molecule is O=C(O)c1ncc(C2COCCN2)cc1F. The Morgan fingerprint density at radius 3 is 3.06 bits per heavy atom. The molecule has 1 unspecified atom stereocenters. The zero-order valence-electron chi connectivity index (χ0n) is 8.44. The number of rotatable bonds is 2. The molecule has 1 aromatic rings. The van der Waals surface area contributed by atoms with Crippen molar-refractivity contribution >= 4 is 5.97 Å². The highest BCUT2D eigenvalue weighted by atomic mass is 19.1. The molecule has 16 heavy (non-hydrogen) atoms. The molecule has 1 saturated heterocycles. The van der Waals surface area contributed by atoms with Crippen LogP contribution in [0.2, 0.25) is 0 Å². The standard InChI is InChI=1S/C10H11FN2O3/c11-7-3-6(4-13-9(7)10(14)15)8-5-16-2-1-12-8/h3-4,8,12H,1-2,5H2,(H,14,15). The molecule has 6 heteroatoms. The van der Waals surface area contributed by atoms with Crippen molar-refractivity contribution in [2.24, 2.45) is 0 Å². The molecule has 0 saturated carbocycles. The van der Waals surface area contributed by atoms with E-state index >= 15 is 0 Å². The van der Waals surface area contributed by atoms with Crippen molar-refractivity contribution in [2.45, 2.75) is 6.04 Å². The molecule has 0 amide bonds. The Hall–Kier alpha value is -1.53. The lowest BCUT2D eigenvalue weighted by Gasteiger charge is -2.23. The van der Waals surface area contributed by atoms with Gasteiger partial charge in [0.25, 0.3) is 0 Å². The summed E-state index contributed by atoms with van der Waals surface area (Å²) in [5.74, 6) is -2.19. The number of morpholine rings is 1. The first-order valence-electron chi connectivity index (χ1n) is 4.88. The molecule has 0 bridgehead atoms. The molecule has 2 N–H and O–H groups in total. The summed E-state index contributed by atoms with van der Waals surface area (Å²) >= 11 is 0. The van der Waals surface area contributed by atoms with Crippen molar-refractivity contribution in [1.82, 2.24) is 10.3 Å². The number of ether oxygens (including phenoxy) is 1. The molecule has 1 fully saturated rings. The molecule has 1 aliphatic rings. The lowest BCUT2D eigenvalue weighted by Crippen LogP contribution is -2.34. The van der Waals surface area contributed by atoms with Crippen molar-refractivity contribution in [3.8, 4) is 0 Å². The summed E-state index contributed by atoms with van der Waals surface area (Å²) in [5, 5.41) is 11.8. The molecule has 2 rings (SSSR count). The summed E-state index contributed by atoms with van der Waals surface area (Å²) in [6.07, 6.45) is 1.36. The fourth-order valence-electron chi connectivity index (χ4n) is 1.58. The zero-order valence-corrected chi connectivity index (χ0v) is 8.44. The number of halogens is 1. The zero-order chi connectivity index (χ0) is 11.5. The van der Waals surface area contributed by atoms with Gasteiger partial charge >= 0.3 is 5.97 Å². The quantitative estimate of drug-likeness (QED) is 0.771. The number of carboxylic acid groups (broad SMARTS) is 1. The normalized spacial score (nSPS) is 20.7. The predicted octanol–water partition coefficient (Wildman–Crippen LogP) is 0.580. The van der Waals surface area contributed by atoms with Gasteiger partial charge in [0, 0.05) is 12.7 Å². The number of hydrogen-bond acceptors (Lipinski definition) is 4. The summed E-state index contributed by atoms with van der Waals surface area (Å²) in [6.45, 7) is 1.75. The van der Waals surface area contributed by atoms with Crippen LogP contribution in [-0.2, 0) is 4.74 Å². The van der Waals surface area contributed by atoms with Crippen LogP contribution in [0.4, 0.5) is 4.39 Å². The highest BCUT2D eigenvalue weighted by Crippen LogP contribution is 2.17. The Bertz CT molecular complexity index is 405. The van der Waals surface area contributed by atoms with Gasteiger partial charge in [0.15, 0.2) is 11.5 Å². The minimum Gasteiger partial charge on any atom is -0.476 e. The molecule has 2 heterocycles. The third kappa shape index (κ3) is 2.17. The Kier molecular flexibility index (Phi) is 3.12. The van der Waals surface area contributed by atoms with E-state index in [1.54, 1.807) is 0 Å². The van der Waals surface area contributed by atoms with E-state index in [0.29, 0.717) is 25.3 Å². The van der Waals surface area contributed by atoms with Crippen LogP contribution in [0.3, 0.4) is 0 Å². The van der Waals surface area contributed by atoms with Crippen LogP contribution in [0.1, 0.15) is 22.1 Å². The highest BCUT2D eigenvalue weighted by Gasteiger charge is 2.19. The Morgan fingerprint density at radius 2 is 2.50 bits per heavy atom. The Balaban J connectivity index is 2.23. The maximum atomic E-state index is 13.3. The third-order valence-corrected chi connectivity index (χ3v) is 2.39. The second-order valence-corrected chi connectivity index (χ2v) is 3.49. The molecule has 5 nitrogen and oxygen atoms in total. The van der Waals surface area contributed by atoms with Gasteiger partial charge in [0.05, 0.1) is 19.3 Å². The van der Waals surface area contributed by atoms with Gasteiger partial charge in [0.2, 0.25) is 0 Å². The fraction of sp³-hybridized carbons (Fsp3) is 0.400.